The fourth-order valence-corrected chi connectivity index (χ4v) is 2.39. The molecule has 3 aromatic heterocycles. The van der Waals surface area contributed by atoms with E-state index in [4.69, 9.17) is 5.73 Å². The predicted octanol–water partition coefficient (Wildman–Crippen LogP) is 2.48. The molecular formula is C10H6F3N5S. The molecule has 0 aliphatic heterocycles. The average molecular weight is 285 g/mol. The lowest BCUT2D eigenvalue weighted by Gasteiger charge is -2.04. The van der Waals surface area contributed by atoms with Gasteiger partial charge in [0.15, 0.2) is 11.5 Å². The molecule has 3 heterocycles. The number of nitrogen functional groups attached to an aromatic ring is 1. The van der Waals surface area contributed by atoms with Crippen molar-refractivity contribution >= 4 is 27.5 Å². The van der Waals surface area contributed by atoms with Gasteiger partial charge in [0.2, 0.25) is 5.95 Å². The number of fused-ring (bicyclic) bond motifs is 1. The summed E-state index contributed by atoms with van der Waals surface area (Å²) in [4.78, 5) is 8.55. The van der Waals surface area contributed by atoms with Crippen LogP contribution in [0.4, 0.5) is 19.1 Å². The fraction of sp³-hybridized carbons (Fsp3) is 0.100. The Morgan fingerprint density at radius 3 is 2.68 bits per heavy atom. The number of nitrogens with two attached hydrogens (primary N) is 1. The molecule has 0 amide bonds. The summed E-state index contributed by atoms with van der Waals surface area (Å²) >= 11 is 1.33. The van der Waals surface area contributed by atoms with Crippen LogP contribution in [-0.4, -0.2) is 19.7 Å². The fourth-order valence-electron chi connectivity index (χ4n) is 1.62. The van der Waals surface area contributed by atoms with Gasteiger partial charge in [-0.25, -0.2) is 9.67 Å². The van der Waals surface area contributed by atoms with Crippen LogP contribution in [-0.2, 0) is 6.18 Å². The minimum Gasteiger partial charge on any atom is -0.368 e. The maximum absolute atomic E-state index is 12.5. The highest BCUT2D eigenvalue weighted by Crippen LogP contribution is 2.29. The van der Waals surface area contributed by atoms with E-state index in [2.05, 4.69) is 15.1 Å². The molecule has 19 heavy (non-hydrogen) atoms. The van der Waals surface area contributed by atoms with Crippen LogP contribution in [0.3, 0.4) is 0 Å². The van der Waals surface area contributed by atoms with Crippen LogP contribution < -0.4 is 5.73 Å². The third kappa shape index (κ3) is 2.01. The highest BCUT2D eigenvalue weighted by atomic mass is 32.1. The number of nitrogens with zero attached hydrogens (tertiary/aromatic N) is 4. The second kappa shape index (κ2) is 3.92. The van der Waals surface area contributed by atoms with Crippen molar-refractivity contribution in [1.29, 1.82) is 0 Å². The van der Waals surface area contributed by atoms with Crippen molar-refractivity contribution < 1.29 is 13.2 Å². The summed E-state index contributed by atoms with van der Waals surface area (Å²) in [6, 6.07) is 2.60. The van der Waals surface area contributed by atoms with Gasteiger partial charge < -0.3 is 5.73 Å². The first-order chi connectivity index (χ1) is 8.95. The van der Waals surface area contributed by atoms with Crippen molar-refractivity contribution in [3.8, 4) is 5.82 Å². The molecule has 0 saturated heterocycles. The molecule has 98 valence electrons. The van der Waals surface area contributed by atoms with Gasteiger partial charge in [0, 0.05) is 6.20 Å². The molecule has 0 aliphatic rings. The number of aromatic nitrogens is 4. The maximum Gasteiger partial charge on any atom is 0.435 e. The van der Waals surface area contributed by atoms with Crippen LogP contribution in [0.15, 0.2) is 23.7 Å². The quantitative estimate of drug-likeness (QED) is 0.745. The number of rotatable bonds is 1. The van der Waals surface area contributed by atoms with Crippen LogP contribution in [0.2, 0.25) is 0 Å². The van der Waals surface area contributed by atoms with E-state index in [1.807, 2.05) is 0 Å². The van der Waals surface area contributed by atoms with Crippen molar-refractivity contribution in [3.63, 3.8) is 0 Å². The zero-order valence-electron chi connectivity index (χ0n) is 9.22. The largest absolute Gasteiger partial charge is 0.435 e. The van der Waals surface area contributed by atoms with E-state index in [9.17, 15) is 13.2 Å². The van der Waals surface area contributed by atoms with E-state index in [1.165, 1.54) is 17.5 Å². The Morgan fingerprint density at radius 1 is 1.21 bits per heavy atom. The normalized spacial score (nSPS) is 12.2. The minimum atomic E-state index is -4.49. The molecule has 5 nitrogen and oxygen atoms in total. The van der Waals surface area contributed by atoms with E-state index in [1.54, 1.807) is 11.4 Å². The van der Waals surface area contributed by atoms with Gasteiger partial charge in [0.25, 0.3) is 0 Å². The van der Waals surface area contributed by atoms with E-state index in [0.717, 1.165) is 10.7 Å². The molecule has 3 rings (SSSR count). The molecule has 0 bridgehead atoms. The second-order valence-corrected chi connectivity index (χ2v) is 4.58. The average Bonchev–Trinajstić information content (AvgIpc) is 2.94. The maximum atomic E-state index is 12.5. The van der Waals surface area contributed by atoms with Gasteiger partial charge in [-0.1, -0.05) is 0 Å². The van der Waals surface area contributed by atoms with Gasteiger partial charge in [0.05, 0.1) is 5.39 Å². The molecule has 0 saturated carbocycles. The number of anilines is 1. The third-order valence-corrected chi connectivity index (χ3v) is 3.23. The van der Waals surface area contributed by atoms with E-state index >= 15 is 0 Å². The molecule has 0 aromatic carbocycles. The van der Waals surface area contributed by atoms with Gasteiger partial charge in [-0.05, 0) is 17.5 Å². The molecule has 0 atom stereocenters. The van der Waals surface area contributed by atoms with E-state index in [-0.39, 0.29) is 11.8 Å². The Morgan fingerprint density at radius 2 is 2.00 bits per heavy atom. The predicted molar refractivity (Wildman–Crippen MR) is 64.0 cm³/mol. The summed E-state index contributed by atoms with van der Waals surface area (Å²) in [5.41, 5.74) is 4.56. The number of hydrogen-bond donors (Lipinski definition) is 1. The lowest BCUT2D eigenvalue weighted by molar-refractivity contribution is -0.141. The van der Waals surface area contributed by atoms with Crippen molar-refractivity contribution in [1.82, 2.24) is 19.7 Å². The Bertz CT molecular complexity index is 745. The lowest BCUT2D eigenvalue weighted by Crippen LogP contribution is -2.08. The van der Waals surface area contributed by atoms with Crippen molar-refractivity contribution in [2.24, 2.45) is 0 Å². The van der Waals surface area contributed by atoms with Crippen LogP contribution in [0.25, 0.3) is 16.0 Å². The minimum absolute atomic E-state index is 0.00555. The number of hydrogen-bond acceptors (Lipinski definition) is 5. The zero-order valence-corrected chi connectivity index (χ0v) is 10.0. The Kier molecular flexibility index (Phi) is 2.45. The topological polar surface area (TPSA) is 69.6 Å². The number of thiophene rings is 1. The molecule has 0 spiro atoms. The Hall–Kier alpha value is -2.16. The smallest absolute Gasteiger partial charge is 0.368 e. The highest BCUT2D eigenvalue weighted by molar-refractivity contribution is 7.16. The number of halogens is 3. The van der Waals surface area contributed by atoms with E-state index in [0.29, 0.717) is 10.2 Å². The molecule has 0 unspecified atom stereocenters. The molecular weight excluding hydrogens is 279 g/mol. The standard InChI is InChI=1S/C10H6F3N5S/c11-10(12,13)6-1-3-18(17-6)7-5-2-4-19-8(5)16-9(14)15-7/h1-4H,(H2,14,15,16). The van der Waals surface area contributed by atoms with Crippen molar-refractivity contribution in [3.05, 3.63) is 29.4 Å². The summed E-state index contributed by atoms with van der Waals surface area (Å²) in [6.45, 7) is 0. The van der Waals surface area contributed by atoms with E-state index < -0.39 is 11.9 Å². The lowest BCUT2D eigenvalue weighted by atomic mass is 10.4. The number of alkyl halides is 3. The summed E-state index contributed by atoms with van der Waals surface area (Å²) in [5, 5.41) is 5.84. The van der Waals surface area contributed by atoms with Gasteiger partial charge in [-0.15, -0.1) is 11.3 Å². The van der Waals surface area contributed by atoms with Crippen LogP contribution in [0.1, 0.15) is 5.69 Å². The van der Waals surface area contributed by atoms with Gasteiger partial charge in [-0.3, -0.25) is 0 Å². The first-order valence-electron chi connectivity index (χ1n) is 5.09. The molecule has 0 fully saturated rings. The van der Waals surface area contributed by atoms with Crippen molar-refractivity contribution in [2.45, 2.75) is 6.18 Å². The first-order valence-corrected chi connectivity index (χ1v) is 5.97. The molecule has 0 aliphatic carbocycles. The van der Waals surface area contributed by atoms with Crippen molar-refractivity contribution in [2.75, 3.05) is 5.73 Å². The van der Waals surface area contributed by atoms with Crippen LogP contribution >= 0.6 is 11.3 Å². The molecule has 9 heteroatoms. The summed E-state index contributed by atoms with van der Waals surface area (Å²) in [5.74, 6) is 0.230. The van der Waals surface area contributed by atoms with Gasteiger partial charge >= 0.3 is 6.18 Å². The molecule has 0 radical (unpaired) electrons. The Balaban J connectivity index is 2.19. The Labute approximate surface area is 108 Å². The zero-order chi connectivity index (χ0) is 13.6. The molecule has 3 aromatic rings. The summed E-state index contributed by atoms with van der Waals surface area (Å²) in [6.07, 6.45) is -3.29. The summed E-state index contributed by atoms with van der Waals surface area (Å²) < 4.78 is 38.6. The summed E-state index contributed by atoms with van der Waals surface area (Å²) in [7, 11) is 0. The monoisotopic (exact) mass is 285 g/mol. The van der Waals surface area contributed by atoms with Crippen LogP contribution in [0.5, 0.6) is 0 Å². The van der Waals surface area contributed by atoms with Gasteiger partial charge in [-0.2, -0.15) is 23.3 Å². The SMILES string of the molecule is Nc1nc(-n2ccc(C(F)(F)F)n2)c2ccsc2n1. The van der Waals surface area contributed by atoms with Gasteiger partial charge in [0.1, 0.15) is 4.83 Å². The third-order valence-electron chi connectivity index (χ3n) is 2.42. The molecule has 2 N–H and O–H groups in total. The first kappa shape index (κ1) is 11.9. The second-order valence-electron chi connectivity index (χ2n) is 3.69. The highest BCUT2D eigenvalue weighted by Gasteiger charge is 2.33. The van der Waals surface area contributed by atoms with Crippen LogP contribution in [0, 0.1) is 0 Å².